The fourth-order valence-electron chi connectivity index (χ4n) is 2.67. The highest BCUT2D eigenvalue weighted by atomic mass is 35.5. The predicted molar refractivity (Wildman–Crippen MR) is 77.0 cm³/mol. The van der Waals surface area contributed by atoms with E-state index in [0.29, 0.717) is 10.2 Å². The van der Waals surface area contributed by atoms with Crippen LogP contribution in [0.4, 0.5) is 0 Å². The molecular formula is C14H15Cl2N3. The van der Waals surface area contributed by atoms with Crippen LogP contribution in [0.1, 0.15) is 35.6 Å². The number of hydrogen-bond acceptors (Lipinski definition) is 2. The molecule has 0 unspecified atom stereocenters. The summed E-state index contributed by atoms with van der Waals surface area (Å²) < 4.78 is 2.26. The van der Waals surface area contributed by atoms with Gasteiger partial charge in [-0.1, -0.05) is 23.2 Å². The lowest BCUT2D eigenvalue weighted by Gasteiger charge is -2.15. The lowest BCUT2D eigenvalue weighted by Crippen LogP contribution is -2.10. The van der Waals surface area contributed by atoms with Gasteiger partial charge in [-0.2, -0.15) is 0 Å². The first kappa shape index (κ1) is 12.9. The van der Waals surface area contributed by atoms with Crippen molar-refractivity contribution in [3.63, 3.8) is 0 Å². The average molecular weight is 296 g/mol. The molecule has 0 bridgehead atoms. The van der Waals surface area contributed by atoms with E-state index in [4.69, 9.17) is 23.2 Å². The van der Waals surface area contributed by atoms with Crippen LogP contribution in [0.2, 0.25) is 10.2 Å². The number of fused-ring (bicyclic) bond motifs is 1. The maximum atomic E-state index is 6.22. The quantitative estimate of drug-likeness (QED) is 0.789. The molecule has 0 atom stereocenters. The molecule has 1 aliphatic rings. The molecule has 0 saturated heterocycles. The standard InChI is InChI=1S/C14H15Cl2N3/c1-9-18-12-4-2-3-5-13(12)19(9)8-10-7-17-14(16)6-11(10)15/h6-7H,2-5,8H2,1H3. The zero-order chi connectivity index (χ0) is 13.4. The number of aromatic nitrogens is 3. The Morgan fingerprint density at radius 1 is 1.26 bits per heavy atom. The summed E-state index contributed by atoms with van der Waals surface area (Å²) >= 11 is 12.1. The van der Waals surface area contributed by atoms with E-state index < -0.39 is 0 Å². The molecule has 2 heterocycles. The van der Waals surface area contributed by atoms with Gasteiger partial charge in [-0.3, -0.25) is 0 Å². The van der Waals surface area contributed by atoms with Crippen molar-refractivity contribution < 1.29 is 0 Å². The predicted octanol–water partition coefficient (Wildman–Crippen LogP) is 3.82. The molecule has 0 N–H and O–H groups in total. The zero-order valence-electron chi connectivity index (χ0n) is 10.8. The van der Waals surface area contributed by atoms with E-state index >= 15 is 0 Å². The minimum Gasteiger partial charge on any atom is -0.327 e. The second-order valence-electron chi connectivity index (χ2n) is 4.94. The third kappa shape index (κ3) is 2.49. The van der Waals surface area contributed by atoms with Gasteiger partial charge in [0.25, 0.3) is 0 Å². The Kier molecular flexibility index (Phi) is 3.50. The molecule has 0 saturated carbocycles. The number of pyridine rings is 1. The summed E-state index contributed by atoms with van der Waals surface area (Å²) in [5.41, 5.74) is 3.59. The van der Waals surface area contributed by atoms with Gasteiger partial charge in [0.05, 0.1) is 17.3 Å². The van der Waals surface area contributed by atoms with Gasteiger partial charge in [0.1, 0.15) is 11.0 Å². The van der Waals surface area contributed by atoms with Crippen molar-refractivity contribution >= 4 is 23.2 Å². The van der Waals surface area contributed by atoms with Gasteiger partial charge in [0, 0.05) is 17.5 Å². The molecule has 0 aromatic carbocycles. The highest BCUT2D eigenvalue weighted by Gasteiger charge is 2.18. The molecule has 0 spiro atoms. The first-order valence-corrected chi connectivity index (χ1v) is 7.25. The molecule has 2 aromatic rings. The topological polar surface area (TPSA) is 30.7 Å². The van der Waals surface area contributed by atoms with Crippen LogP contribution in [-0.2, 0) is 19.4 Å². The second kappa shape index (κ2) is 5.14. The summed E-state index contributed by atoms with van der Waals surface area (Å²) in [6.07, 6.45) is 6.43. The van der Waals surface area contributed by atoms with Crippen molar-refractivity contribution in [2.24, 2.45) is 0 Å². The van der Waals surface area contributed by atoms with Crippen molar-refractivity contribution in [2.45, 2.75) is 39.2 Å². The van der Waals surface area contributed by atoms with Crippen LogP contribution in [0.5, 0.6) is 0 Å². The first-order valence-electron chi connectivity index (χ1n) is 6.50. The lowest BCUT2D eigenvalue weighted by atomic mass is 10.0. The smallest absolute Gasteiger partial charge is 0.130 e. The van der Waals surface area contributed by atoms with Gasteiger partial charge in [0.2, 0.25) is 0 Å². The molecule has 0 aliphatic heterocycles. The molecule has 1 aliphatic carbocycles. The maximum absolute atomic E-state index is 6.22. The summed E-state index contributed by atoms with van der Waals surface area (Å²) in [5, 5.41) is 1.09. The Morgan fingerprint density at radius 2 is 2.05 bits per heavy atom. The van der Waals surface area contributed by atoms with E-state index in [1.165, 1.54) is 24.2 Å². The van der Waals surface area contributed by atoms with Gasteiger partial charge < -0.3 is 4.57 Å². The Morgan fingerprint density at radius 3 is 2.84 bits per heavy atom. The Labute approximate surface area is 122 Å². The molecular weight excluding hydrogens is 281 g/mol. The highest BCUT2D eigenvalue weighted by Crippen LogP contribution is 2.25. The van der Waals surface area contributed by atoms with Crippen LogP contribution in [-0.4, -0.2) is 14.5 Å². The lowest BCUT2D eigenvalue weighted by molar-refractivity contribution is 0.624. The van der Waals surface area contributed by atoms with Gasteiger partial charge in [-0.15, -0.1) is 0 Å². The average Bonchev–Trinajstić information content (AvgIpc) is 2.69. The molecule has 5 heteroatoms. The summed E-state index contributed by atoms with van der Waals surface area (Å²) in [4.78, 5) is 8.78. The third-order valence-corrected chi connectivity index (χ3v) is 4.21. The van der Waals surface area contributed by atoms with Crippen molar-refractivity contribution in [2.75, 3.05) is 0 Å². The largest absolute Gasteiger partial charge is 0.327 e. The van der Waals surface area contributed by atoms with E-state index in [9.17, 15) is 0 Å². The minimum absolute atomic E-state index is 0.429. The number of halogens is 2. The van der Waals surface area contributed by atoms with E-state index in [0.717, 1.165) is 30.8 Å². The first-order chi connectivity index (χ1) is 9.15. The fourth-order valence-corrected chi connectivity index (χ4v) is 3.09. The summed E-state index contributed by atoms with van der Waals surface area (Å²) in [7, 11) is 0. The van der Waals surface area contributed by atoms with Crippen LogP contribution in [0.3, 0.4) is 0 Å². The summed E-state index contributed by atoms with van der Waals surface area (Å²) in [6.45, 7) is 2.77. The third-order valence-electron chi connectivity index (χ3n) is 3.65. The van der Waals surface area contributed by atoms with Gasteiger partial charge in [0.15, 0.2) is 0 Å². The molecule has 2 aromatic heterocycles. The summed E-state index contributed by atoms with van der Waals surface area (Å²) in [6, 6.07) is 1.69. The van der Waals surface area contributed by atoms with Gasteiger partial charge in [-0.25, -0.2) is 9.97 Å². The SMILES string of the molecule is Cc1nc2c(n1Cc1cnc(Cl)cc1Cl)CCCC2. The van der Waals surface area contributed by atoms with Crippen LogP contribution in [0, 0.1) is 6.92 Å². The molecule has 0 fully saturated rings. The maximum Gasteiger partial charge on any atom is 0.130 e. The minimum atomic E-state index is 0.429. The number of aryl methyl sites for hydroxylation is 2. The molecule has 19 heavy (non-hydrogen) atoms. The number of hydrogen-bond donors (Lipinski definition) is 0. The Hall–Kier alpha value is -1.06. The normalized spacial score (nSPS) is 14.5. The molecule has 100 valence electrons. The van der Waals surface area contributed by atoms with E-state index in [-0.39, 0.29) is 0 Å². The molecule has 0 radical (unpaired) electrons. The van der Waals surface area contributed by atoms with Gasteiger partial charge in [-0.05, 0) is 38.7 Å². The molecule has 0 amide bonds. The van der Waals surface area contributed by atoms with Crippen molar-refractivity contribution in [3.05, 3.63) is 45.2 Å². The Bertz CT molecular complexity index is 619. The monoisotopic (exact) mass is 295 g/mol. The van der Waals surface area contributed by atoms with Crippen molar-refractivity contribution in [1.82, 2.24) is 14.5 Å². The van der Waals surface area contributed by atoms with E-state index in [2.05, 4.69) is 21.5 Å². The van der Waals surface area contributed by atoms with Crippen LogP contribution in [0.25, 0.3) is 0 Å². The fraction of sp³-hybridized carbons (Fsp3) is 0.429. The molecule has 3 rings (SSSR count). The van der Waals surface area contributed by atoms with E-state index in [1.54, 1.807) is 12.3 Å². The van der Waals surface area contributed by atoms with Crippen molar-refractivity contribution in [1.29, 1.82) is 0 Å². The van der Waals surface area contributed by atoms with E-state index in [1.807, 2.05) is 0 Å². The zero-order valence-corrected chi connectivity index (χ0v) is 12.3. The number of imidazole rings is 1. The van der Waals surface area contributed by atoms with Crippen LogP contribution < -0.4 is 0 Å². The van der Waals surface area contributed by atoms with Gasteiger partial charge >= 0.3 is 0 Å². The highest BCUT2D eigenvalue weighted by molar-refractivity contribution is 6.34. The Balaban J connectivity index is 1.97. The number of rotatable bonds is 2. The van der Waals surface area contributed by atoms with Crippen molar-refractivity contribution in [3.8, 4) is 0 Å². The molecule has 3 nitrogen and oxygen atoms in total. The van der Waals surface area contributed by atoms with Crippen LogP contribution >= 0.6 is 23.2 Å². The van der Waals surface area contributed by atoms with Crippen LogP contribution in [0.15, 0.2) is 12.3 Å². The summed E-state index contributed by atoms with van der Waals surface area (Å²) in [5.74, 6) is 1.05. The second-order valence-corrected chi connectivity index (χ2v) is 5.74. The number of nitrogens with zero attached hydrogens (tertiary/aromatic N) is 3.